The van der Waals surface area contributed by atoms with E-state index in [9.17, 15) is 0 Å². The molecule has 0 aromatic heterocycles. The van der Waals surface area contributed by atoms with E-state index in [1.54, 1.807) is 11.8 Å². The average molecular weight is 251 g/mol. The molecule has 1 nitrogen and oxygen atoms in total. The molecule has 16 heavy (non-hydrogen) atoms. The van der Waals surface area contributed by atoms with Crippen LogP contribution in [0.25, 0.3) is 0 Å². The van der Waals surface area contributed by atoms with E-state index in [4.69, 9.17) is 12.2 Å². The summed E-state index contributed by atoms with van der Waals surface area (Å²) in [7, 11) is 0. The lowest BCUT2D eigenvalue weighted by Gasteiger charge is -2.15. The van der Waals surface area contributed by atoms with E-state index in [2.05, 4.69) is 43.1 Å². The molecule has 1 atom stereocenters. The maximum absolute atomic E-state index is 5.22. The van der Waals surface area contributed by atoms with Crippen molar-refractivity contribution in [2.45, 2.75) is 19.4 Å². The van der Waals surface area contributed by atoms with Crippen molar-refractivity contribution in [1.82, 2.24) is 5.32 Å². The minimum atomic E-state index is 0.368. The van der Waals surface area contributed by atoms with Gasteiger partial charge < -0.3 is 5.32 Å². The third kappa shape index (κ3) is 5.33. The second-order valence-electron chi connectivity index (χ2n) is 3.62. The van der Waals surface area contributed by atoms with Gasteiger partial charge in [-0.3, -0.25) is 0 Å². The molecule has 0 aliphatic rings. The van der Waals surface area contributed by atoms with Crippen LogP contribution in [0.5, 0.6) is 0 Å². The van der Waals surface area contributed by atoms with Gasteiger partial charge in [-0.25, -0.2) is 0 Å². The Morgan fingerprint density at radius 2 is 2.19 bits per heavy atom. The second kappa shape index (κ2) is 7.47. The summed E-state index contributed by atoms with van der Waals surface area (Å²) in [6, 6.07) is 10.8. The van der Waals surface area contributed by atoms with Crippen LogP contribution in [0.1, 0.15) is 12.5 Å². The van der Waals surface area contributed by atoms with Gasteiger partial charge in [0.2, 0.25) is 0 Å². The first-order valence-corrected chi connectivity index (χ1v) is 6.70. The summed E-state index contributed by atoms with van der Waals surface area (Å²) in [5.41, 5.74) is 1.33. The first-order chi connectivity index (χ1) is 7.72. The van der Waals surface area contributed by atoms with Crippen molar-refractivity contribution in [2.24, 2.45) is 0 Å². The molecule has 0 aliphatic carbocycles. The van der Waals surface area contributed by atoms with Crippen LogP contribution in [-0.2, 0) is 6.42 Å². The number of thioether (sulfide) groups is 1. The zero-order chi connectivity index (χ0) is 11.8. The van der Waals surface area contributed by atoms with Crippen molar-refractivity contribution >= 4 is 28.3 Å². The van der Waals surface area contributed by atoms with Crippen molar-refractivity contribution in [3.8, 4) is 0 Å². The van der Waals surface area contributed by atoms with Crippen LogP contribution in [0, 0.1) is 0 Å². The zero-order valence-corrected chi connectivity index (χ0v) is 11.1. The molecule has 1 N–H and O–H groups in total. The lowest BCUT2D eigenvalue weighted by Crippen LogP contribution is -2.31. The van der Waals surface area contributed by atoms with Crippen molar-refractivity contribution in [1.29, 1.82) is 0 Å². The van der Waals surface area contributed by atoms with Gasteiger partial charge in [-0.1, -0.05) is 60.4 Å². The molecule has 0 heterocycles. The Balaban J connectivity index is 2.33. The first kappa shape index (κ1) is 13.3. The molecule has 86 valence electrons. The Bertz CT molecular complexity index is 335. The Morgan fingerprint density at radius 3 is 2.81 bits per heavy atom. The zero-order valence-electron chi connectivity index (χ0n) is 9.48. The summed E-state index contributed by atoms with van der Waals surface area (Å²) in [6.45, 7) is 5.82. The Morgan fingerprint density at radius 1 is 1.50 bits per heavy atom. The van der Waals surface area contributed by atoms with Crippen LogP contribution < -0.4 is 5.32 Å². The summed E-state index contributed by atoms with van der Waals surface area (Å²) in [5.74, 6) is 0.865. The van der Waals surface area contributed by atoms with Gasteiger partial charge in [-0.2, -0.15) is 0 Å². The maximum Gasteiger partial charge on any atom is 0.134 e. The van der Waals surface area contributed by atoms with Crippen molar-refractivity contribution in [3.05, 3.63) is 48.6 Å². The van der Waals surface area contributed by atoms with E-state index in [0.29, 0.717) is 6.04 Å². The SMILES string of the molecule is C=CCSC(=S)NC(C)Cc1ccccc1. The van der Waals surface area contributed by atoms with Gasteiger partial charge in [-0.05, 0) is 18.9 Å². The van der Waals surface area contributed by atoms with E-state index in [0.717, 1.165) is 16.5 Å². The van der Waals surface area contributed by atoms with Crippen LogP contribution in [0.4, 0.5) is 0 Å². The number of benzene rings is 1. The second-order valence-corrected chi connectivity index (χ2v) is 5.32. The molecule has 0 radical (unpaired) electrons. The highest BCUT2D eigenvalue weighted by atomic mass is 32.2. The standard InChI is InChI=1S/C13H17NS2/c1-3-9-16-13(15)14-11(2)10-12-7-5-4-6-8-12/h3-8,11H,1,9-10H2,2H3,(H,14,15). The fraction of sp³-hybridized carbons (Fsp3) is 0.308. The number of rotatable bonds is 5. The number of hydrogen-bond acceptors (Lipinski definition) is 2. The highest BCUT2D eigenvalue weighted by Crippen LogP contribution is 2.06. The first-order valence-electron chi connectivity index (χ1n) is 5.30. The molecule has 0 spiro atoms. The maximum atomic E-state index is 5.22. The smallest absolute Gasteiger partial charge is 0.134 e. The van der Waals surface area contributed by atoms with Gasteiger partial charge in [0.1, 0.15) is 4.32 Å². The summed E-state index contributed by atoms with van der Waals surface area (Å²) in [6.07, 6.45) is 2.86. The lowest BCUT2D eigenvalue weighted by molar-refractivity contribution is 0.670. The van der Waals surface area contributed by atoms with Gasteiger partial charge >= 0.3 is 0 Å². The molecule has 1 aromatic carbocycles. The highest BCUT2D eigenvalue weighted by molar-refractivity contribution is 8.23. The summed E-state index contributed by atoms with van der Waals surface area (Å²) >= 11 is 6.83. The summed E-state index contributed by atoms with van der Waals surface area (Å²) < 4.78 is 0.850. The Kier molecular flexibility index (Phi) is 6.19. The van der Waals surface area contributed by atoms with Crippen LogP contribution in [-0.4, -0.2) is 16.1 Å². The molecular formula is C13H17NS2. The molecule has 1 unspecified atom stereocenters. The van der Waals surface area contributed by atoms with E-state index in [1.807, 2.05) is 12.1 Å². The minimum Gasteiger partial charge on any atom is -0.368 e. The summed E-state index contributed by atoms with van der Waals surface area (Å²) in [5, 5.41) is 3.31. The Hall–Kier alpha value is -0.800. The van der Waals surface area contributed by atoms with Gasteiger partial charge in [-0.15, -0.1) is 6.58 Å². The molecule has 0 saturated heterocycles. The van der Waals surface area contributed by atoms with Gasteiger partial charge in [0, 0.05) is 11.8 Å². The van der Waals surface area contributed by atoms with Crippen LogP contribution in [0.15, 0.2) is 43.0 Å². The van der Waals surface area contributed by atoms with E-state index < -0.39 is 0 Å². The quantitative estimate of drug-likeness (QED) is 0.636. The topological polar surface area (TPSA) is 12.0 Å². The monoisotopic (exact) mass is 251 g/mol. The molecule has 0 fully saturated rings. The molecule has 0 aliphatic heterocycles. The van der Waals surface area contributed by atoms with Crippen molar-refractivity contribution in [3.63, 3.8) is 0 Å². The van der Waals surface area contributed by atoms with Gasteiger partial charge in [0.05, 0.1) is 0 Å². The third-order valence-electron chi connectivity index (χ3n) is 2.08. The molecule has 0 saturated carbocycles. The minimum absolute atomic E-state index is 0.368. The van der Waals surface area contributed by atoms with Gasteiger partial charge in [0.15, 0.2) is 0 Å². The highest BCUT2D eigenvalue weighted by Gasteiger charge is 2.04. The molecule has 1 aromatic rings. The number of hydrogen-bond donors (Lipinski definition) is 1. The van der Waals surface area contributed by atoms with Gasteiger partial charge in [0.25, 0.3) is 0 Å². The normalized spacial score (nSPS) is 11.8. The molecular weight excluding hydrogens is 234 g/mol. The predicted octanol–water partition coefficient (Wildman–Crippen LogP) is 3.41. The Labute approximate surface area is 107 Å². The van der Waals surface area contributed by atoms with E-state index in [1.165, 1.54) is 5.56 Å². The van der Waals surface area contributed by atoms with Crippen molar-refractivity contribution < 1.29 is 0 Å². The fourth-order valence-corrected chi connectivity index (χ4v) is 2.36. The molecule has 0 amide bonds. The third-order valence-corrected chi connectivity index (χ3v) is 3.34. The van der Waals surface area contributed by atoms with E-state index >= 15 is 0 Å². The number of thiocarbonyl (C=S) groups is 1. The van der Waals surface area contributed by atoms with Crippen LogP contribution in [0.3, 0.4) is 0 Å². The molecule has 1 rings (SSSR count). The van der Waals surface area contributed by atoms with Crippen LogP contribution in [0.2, 0.25) is 0 Å². The average Bonchev–Trinajstić information content (AvgIpc) is 2.27. The van der Waals surface area contributed by atoms with E-state index in [-0.39, 0.29) is 0 Å². The summed E-state index contributed by atoms with van der Waals surface area (Å²) in [4.78, 5) is 0. The predicted molar refractivity (Wildman–Crippen MR) is 78.0 cm³/mol. The fourth-order valence-electron chi connectivity index (χ4n) is 1.40. The van der Waals surface area contributed by atoms with Crippen molar-refractivity contribution in [2.75, 3.05) is 5.75 Å². The molecule has 0 bridgehead atoms. The molecule has 3 heteroatoms. The number of nitrogens with one attached hydrogen (secondary N) is 1. The lowest BCUT2D eigenvalue weighted by atomic mass is 10.1. The van der Waals surface area contributed by atoms with Crippen LogP contribution >= 0.6 is 24.0 Å². The largest absolute Gasteiger partial charge is 0.368 e.